The topological polar surface area (TPSA) is 77.2 Å². The predicted octanol–water partition coefficient (Wildman–Crippen LogP) is 3.26. The molecular weight excluding hydrogens is 322 g/mol. The molecule has 3 N–H and O–H groups in total. The van der Waals surface area contributed by atoms with Gasteiger partial charge in [0.25, 0.3) is 0 Å². The van der Waals surface area contributed by atoms with E-state index < -0.39 is 5.97 Å². The molecule has 104 valence electrons. The van der Waals surface area contributed by atoms with Crippen LogP contribution in [-0.4, -0.2) is 18.1 Å². The number of carbonyl (C=O) groups is 1. The van der Waals surface area contributed by atoms with Gasteiger partial charge in [0.15, 0.2) is 11.5 Å². The van der Waals surface area contributed by atoms with Gasteiger partial charge in [0, 0.05) is 10.2 Å². The molecule has 0 spiro atoms. The number of nitrogens with zero attached hydrogens (tertiary/aromatic N) is 1. The lowest BCUT2D eigenvalue weighted by atomic mass is 10.2. The monoisotopic (exact) mass is 335 g/mol. The van der Waals surface area contributed by atoms with E-state index in [9.17, 15) is 4.79 Å². The van der Waals surface area contributed by atoms with Crippen LogP contribution in [0.5, 0.6) is 0 Å². The van der Waals surface area contributed by atoms with Crippen LogP contribution in [0.2, 0.25) is 0 Å². The van der Waals surface area contributed by atoms with Gasteiger partial charge in [0.1, 0.15) is 0 Å². The molecule has 1 aromatic heterocycles. The number of halogens is 1. The van der Waals surface area contributed by atoms with Gasteiger partial charge < -0.3 is 15.8 Å². The lowest BCUT2D eigenvalue weighted by molar-refractivity contribution is 0.0594. The average molecular weight is 336 g/mol. The summed E-state index contributed by atoms with van der Waals surface area (Å²) in [5, 5.41) is 3.09. The molecule has 5 nitrogen and oxygen atoms in total. The molecule has 0 bridgehead atoms. The SMILES string of the molecule is COC(=O)c1ccc(N)c(Nc2ccc(C)c(Br)c2)n1. The fourth-order valence-electron chi connectivity index (χ4n) is 1.60. The van der Waals surface area contributed by atoms with Crippen LogP contribution in [0.15, 0.2) is 34.8 Å². The lowest BCUT2D eigenvalue weighted by Gasteiger charge is -2.10. The molecule has 0 fully saturated rings. The number of methoxy groups -OCH3 is 1. The van der Waals surface area contributed by atoms with Crippen LogP contribution in [0.4, 0.5) is 17.2 Å². The van der Waals surface area contributed by atoms with Gasteiger partial charge in [-0.2, -0.15) is 0 Å². The van der Waals surface area contributed by atoms with Crippen molar-refractivity contribution < 1.29 is 9.53 Å². The maximum atomic E-state index is 11.5. The summed E-state index contributed by atoms with van der Waals surface area (Å²) in [5.74, 6) is -0.0817. The second-order valence-corrected chi connectivity index (χ2v) is 5.07. The summed E-state index contributed by atoms with van der Waals surface area (Å²) in [6.45, 7) is 2.00. The Labute approximate surface area is 125 Å². The fourth-order valence-corrected chi connectivity index (χ4v) is 1.97. The molecule has 2 rings (SSSR count). The Kier molecular flexibility index (Phi) is 4.24. The first-order valence-corrected chi connectivity index (χ1v) is 6.68. The molecule has 1 aromatic carbocycles. The van der Waals surface area contributed by atoms with E-state index in [4.69, 9.17) is 5.73 Å². The van der Waals surface area contributed by atoms with Crippen molar-refractivity contribution in [2.75, 3.05) is 18.2 Å². The van der Waals surface area contributed by atoms with E-state index in [-0.39, 0.29) is 5.69 Å². The highest BCUT2D eigenvalue weighted by molar-refractivity contribution is 9.10. The van der Waals surface area contributed by atoms with Crippen molar-refractivity contribution >= 4 is 39.1 Å². The number of hydrogen-bond donors (Lipinski definition) is 2. The van der Waals surface area contributed by atoms with Crippen LogP contribution in [-0.2, 0) is 4.74 Å². The highest BCUT2D eigenvalue weighted by atomic mass is 79.9. The Bertz CT molecular complexity index is 659. The molecule has 0 aliphatic carbocycles. The number of esters is 1. The summed E-state index contributed by atoms with van der Waals surface area (Å²) in [6.07, 6.45) is 0. The third-order valence-electron chi connectivity index (χ3n) is 2.76. The Morgan fingerprint density at radius 2 is 2.10 bits per heavy atom. The number of aromatic nitrogens is 1. The van der Waals surface area contributed by atoms with Gasteiger partial charge >= 0.3 is 5.97 Å². The Morgan fingerprint density at radius 3 is 2.75 bits per heavy atom. The zero-order chi connectivity index (χ0) is 14.7. The Balaban J connectivity index is 2.32. The molecule has 0 saturated heterocycles. The molecule has 6 heteroatoms. The van der Waals surface area contributed by atoms with Crippen molar-refractivity contribution in [1.29, 1.82) is 0 Å². The van der Waals surface area contributed by atoms with E-state index in [0.717, 1.165) is 15.7 Å². The quantitative estimate of drug-likeness (QED) is 0.842. The van der Waals surface area contributed by atoms with Crippen LogP contribution in [0.1, 0.15) is 16.1 Å². The molecule has 0 amide bonds. The van der Waals surface area contributed by atoms with Crippen molar-refractivity contribution in [3.63, 3.8) is 0 Å². The normalized spacial score (nSPS) is 10.2. The summed E-state index contributed by atoms with van der Waals surface area (Å²) in [7, 11) is 1.31. The number of hydrogen-bond acceptors (Lipinski definition) is 5. The first kappa shape index (κ1) is 14.3. The summed E-state index contributed by atoms with van der Waals surface area (Å²) < 4.78 is 5.62. The zero-order valence-corrected chi connectivity index (χ0v) is 12.7. The smallest absolute Gasteiger partial charge is 0.356 e. The van der Waals surface area contributed by atoms with E-state index in [1.54, 1.807) is 6.07 Å². The van der Waals surface area contributed by atoms with Crippen LogP contribution in [0.3, 0.4) is 0 Å². The van der Waals surface area contributed by atoms with Crippen molar-refractivity contribution in [2.24, 2.45) is 0 Å². The largest absolute Gasteiger partial charge is 0.464 e. The molecule has 0 aliphatic heterocycles. The number of aryl methyl sites for hydroxylation is 1. The molecule has 0 saturated carbocycles. The summed E-state index contributed by atoms with van der Waals surface area (Å²) in [5.41, 5.74) is 8.46. The number of ether oxygens (including phenoxy) is 1. The Hall–Kier alpha value is -2.08. The van der Waals surface area contributed by atoms with Crippen molar-refractivity contribution in [2.45, 2.75) is 6.92 Å². The number of pyridine rings is 1. The minimum absolute atomic E-state index is 0.204. The number of nitrogens with two attached hydrogens (primary N) is 1. The maximum Gasteiger partial charge on any atom is 0.356 e. The van der Waals surface area contributed by atoms with Gasteiger partial charge in [-0.3, -0.25) is 0 Å². The molecule has 20 heavy (non-hydrogen) atoms. The van der Waals surface area contributed by atoms with E-state index in [0.29, 0.717) is 11.5 Å². The number of carbonyl (C=O) groups excluding carboxylic acids is 1. The van der Waals surface area contributed by atoms with E-state index >= 15 is 0 Å². The first-order chi connectivity index (χ1) is 9.51. The number of nitrogen functional groups attached to an aromatic ring is 1. The van der Waals surface area contributed by atoms with Gasteiger partial charge in [-0.15, -0.1) is 0 Å². The molecule has 0 atom stereocenters. The molecular formula is C14H14BrN3O2. The van der Waals surface area contributed by atoms with Crippen molar-refractivity contribution in [3.05, 3.63) is 46.1 Å². The van der Waals surface area contributed by atoms with Crippen LogP contribution >= 0.6 is 15.9 Å². The number of rotatable bonds is 3. The number of benzene rings is 1. The summed E-state index contributed by atoms with van der Waals surface area (Å²) >= 11 is 3.46. The summed E-state index contributed by atoms with van der Waals surface area (Å²) in [6, 6.07) is 8.93. The van der Waals surface area contributed by atoms with Gasteiger partial charge in [0.2, 0.25) is 0 Å². The van der Waals surface area contributed by atoms with Gasteiger partial charge in [0.05, 0.1) is 12.8 Å². The van der Waals surface area contributed by atoms with Gasteiger partial charge in [-0.1, -0.05) is 22.0 Å². The highest BCUT2D eigenvalue weighted by Gasteiger charge is 2.10. The minimum Gasteiger partial charge on any atom is -0.464 e. The Morgan fingerprint density at radius 1 is 1.35 bits per heavy atom. The zero-order valence-electron chi connectivity index (χ0n) is 11.1. The average Bonchev–Trinajstić information content (AvgIpc) is 2.44. The molecule has 0 unspecified atom stereocenters. The predicted molar refractivity (Wildman–Crippen MR) is 82.2 cm³/mol. The number of anilines is 3. The van der Waals surface area contributed by atoms with E-state index in [1.807, 2.05) is 25.1 Å². The molecule has 2 aromatic rings. The standard InChI is InChI=1S/C14H14BrN3O2/c1-8-3-4-9(7-10(8)15)17-13-11(16)5-6-12(18-13)14(19)20-2/h3-7H,16H2,1-2H3,(H,17,18). The van der Waals surface area contributed by atoms with Crippen molar-refractivity contribution in [1.82, 2.24) is 4.98 Å². The fraction of sp³-hybridized carbons (Fsp3) is 0.143. The second-order valence-electron chi connectivity index (χ2n) is 4.21. The third kappa shape index (κ3) is 3.08. The lowest BCUT2D eigenvalue weighted by Crippen LogP contribution is -2.07. The van der Waals surface area contributed by atoms with Crippen LogP contribution in [0.25, 0.3) is 0 Å². The molecule has 0 radical (unpaired) electrons. The molecule has 0 aliphatic rings. The first-order valence-electron chi connectivity index (χ1n) is 5.89. The third-order valence-corrected chi connectivity index (χ3v) is 3.61. The maximum absolute atomic E-state index is 11.5. The van der Waals surface area contributed by atoms with Crippen LogP contribution in [0, 0.1) is 6.92 Å². The van der Waals surface area contributed by atoms with Gasteiger partial charge in [-0.25, -0.2) is 9.78 Å². The summed E-state index contributed by atoms with van der Waals surface area (Å²) in [4.78, 5) is 15.6. The van der Waals surface area contributed by atoms with E-state index in [1.165, 1.54) is 13.2 Å². The molecule has 1 heterocycles. The van der Waals surface area contributed by atoms with Crippen molar-refractivity contribution in [3.8, 4) is 0 Å². The minimum atomic E-state index is -0.502. The van der Waals surface area contributed by atoms with E-state index in [2.05, 4.69) is 31.0 Å². The van der Waals surface area contributed by atoms with Crippen LogP contribution < -0.4 is 11.1 Å². The van der Waals surface area contributed by atoms with Gasteiger partial charge in [-0.05, 0) is 36.8 Å². The number of nitrogens with one attached hydrogen (secondary N) is 1. The highest BCUT2D eigenvalue weighted by Crippen LogP contribution is 2.25. The second kappa shape index (κ2) is 5.92.